The van der Waals surface area contributed by atoms with Gasteiger partial charge < -0.3 is 10.6 Å². The number of nitrogens with one attached hydrogen (secondary N) is 2. The minimum absolute atomic E-state index is 0.237. The van der Waals surface area contributed by atoms with Gasteiger partial charge in [0, 0.05) is 17.8 Å². The Labute approximate surface area is 124 Å². The standard InChI is InChI=1S/C16H21FN4/c1-5-8-18-15-11(3)16(20-12(4)19-15)21-14-7-6-13(17)9-10(14)2/h6-7,9H,5,8H2,1-4H3,(H2,18,19,20,21). The highest BCUT2D eigenvalue weighted by atomic mass is 19.1. The van der Waals surface area contributed by atoms with Gasteiger partial charge in [0.1, 0.15) is 23.3 Å². The van der Waals surface area contributed by atoms with Crippen molar-refractivity contribution < 1.29 is 4.39 Å². The Morgan fingerprint density at radius 3 is 2.48 bits per heavy atom. The lowest BCUT2D eigenvalue weighted by atomic mass is 10.2. The van der Waals surface area contributed by atoms with Crippen molar-refractivity contribution >= 4 is 17.3 Å². The topological polar surface area (TPSA) is 49.8 Å². The van der Waals surface area contributed by atoms with Crippen LogP contribution in [0.4, 0.5) is 21.7 Å². The Bertz CT molecular complexity index is 640. The highest BCUT2D eigenvalue weighted by Gasteiger charge is 2.10. The Kier molecular flexibility index (Phi) is 4.73. The molecule has 112 valence electrons. The summed E-state index contributed by atoms with van der Waals surface area (Å²) in [6, 6.07) is 4.66. The Balaban J connectivity index is 2.32. The number of nitrogens with zero attached hydrogens (tertiary/aromatic N) is 2. The Morgan fingerprint density at radius 2 is 1.81 bits per heavy atom. The molecule has 0 unspecified atom stereocenters. The number of hydrogen-bond donors (Lipinski definition) is 2. The van der Waals surface area contributed by atoms with E-state index in [0.717, 1.165) is 41.4 Å². The minimum atomic E-state index is -0.237. The van der Waals surface area contributed by atoms with Crippen molar-refractivity contribution in [2.24, 2.45) is 0 Å². The largest absolute Gasteiger partial charge is 0.370 e. The fourth-order valence-electron chi connectivity index (χ4n) is 2.06. The van der Waals surface area contributed by atoms with E-state index >= 15 is 0 Å². The predicted molar refractivity (Wildman–Crippen MR) is 84.7 cm³/mol. The van der Waals surface area contributed by atoms with Crippen LogP contribution < -0.4 is 10.6 Å². The zero-order valence-corrected chi connectivity index (χ0v) is 12.9. The highest BCUT2D eigenvalue weighted by molar-refractivity contribution is 5.66. The van der Waals surface area contributed by atoms with Gasteiger partial charge in [-0.1, -0.05) is 6.92 Å². The fraction of sp³-hybridized carbons (Fsp3) is 0.375. The molecule has 0 bridgehead atoms. The number of halogens is 1. The maximum Gasteiger partial charge on any atom is 0.139 e. The quantitative estimate of drug-likeness (QED) is 0.869. The molecule has 0 aliphatic heterocycles. The molecule has 0 amide bonds. The molecule has 0 saturated heterocycles. The highest BCUT2D eigenvalue weighted by Crippen LogP contribution is 2.25. The van der Waals surface area contributed by atoms with Crippen LogP contribution in [-0.4, -0.2) is 16.5 Å². The first-order valence-corrected chi connectivity index (χ1v) is 7.13. The number of aromatic nitrogens is 2. The maximum absolute atomic E-state index is 13.2. The fourth-order valence-corrected chi connectivity index (χ4v) is 2.06. The molecule has 0 fully saturated rings. The third-order valence-corrected chi connectivity index (χ3v) is 3.24. The summed E-state index contributed by atoms with van der Waals surface area (Å²) < 4.78 is 13.2. The van der Waals surface area contributed by atoms with Crippen molar-refractivity contribution in [1.29, 1.82) is 0 Å². The molecular formula is C16H21FN4. The molecule has 2 rings (SSSR count). The molecule has 1 aromatic carbocycles. The van der Waals surface area contributed by atoms with Gasteiger partial charge in [-0.2, -0.15) is 0 Å². The molecule has 0 spiro atoms. The minimum Gasteiger partial charge on any atom is -0.370 e. The van der Waals surface area contributed by atoms with Crippen LogP contribution in [0.5, 0.6) is 0 Å². The molecule has 5 heteroatoms. The lowest BCUT2D eigenvalue weighted by Crippen LogP contribution is -2.09. The average Bonchev–Trinajstić information content (AvgIpc) is 2.43. The van der Waals surface area contributed by atoms with Gasteiger partial charge in [0.15, 0.2) is 0 Å². The van der Waals surface area contributed by atoms with Crippen LogP contribution in [-0.2, 0) is 0 Å². The zero-order valence-electron chi connectivity index (χ0n) is 12.9. The van der Waals surface area contributed by atoms with Gasteiger partial charge in [-0.25, -0.2) is 14.4 Å². The smallest absolute Gasteiger partial charge is 0.139 e. The number of rotatable bonds is 5. The van der Waals surface area contributed by atoms with Crippen LogP contribution in [0.2, 0.25) is 0 Å². The molecule has 2 N–H and O–H groups in total. The van der Waals surface area contributed by atoms with Crippen LogP contribution in [0.25, 0.3) is 0 Å². The summed E-state index contributed by atoms with van der Waals surface area (Å²) in [5, 5.41) is 6.57. The van der Waals surface area contributed by atoms with E-state index < -0.39 is 0 Å². The summed E-state index contributed by atoms with van der Waals surface area (Å²) in [4.78, 5) is 8.87. The molecule has 2 aromatic rings. The van der Waals surface area contributed by atoms with Gasteiger partial charge in [-0.05, 0) is 51.0 Å². The number of benzene rings is 1. The maximum atomic E-state index is 13.2. The molecule has 1 heterocycles. The zero-order chi connectivity index (χ0) is 15.4. The van der Waals surface area contributed by atoms with Crippen LogP contribution in [0.1, 0.15) is 30.3 Å². The van der Waals surface area contributed by atoms with Gasteiger partial charge >= 0.3 is 0 Å². The Hall–Kier alpha value is -2.17. The summed E-state index contributed by atoms with van der Waals surface area (Å²) >= 11 is 0. The molecule has 0 aliphatic carbocycles. The lowest BCUT2D eigenvalue weighted by Gasteiger charge is -2.15. The summed E-state index contributed by atoms with van der Waals surface area (Å²) in [7, 11) is 0. The van der Waals surface area contributed by atoms with Crippen molar-refractivity contribution in [2.75, 3.05) is 17.2 Å². The van der Waals surface area contributed by atoms with E-state index in [4.69, 9.17) is 0 Å². The number of aryl methyl sites for hydroxylation is 2. The molecule has 0 atom stereocenters. The van der Waals surface area contributed by atoms with E-state index in [1.165, 1.54) is 12.1 Å². The Morgan fingerprint density at radius 1 is 1.10 bits per heavy atom. The second-order valence-electron chi connectivity index (χ2n) is 5.10. The third kappa shape index (κ3) is 3.68. The first-order chi connectivity index (χ1) is 10.0. The number of anilines is 3. The summed E-state index contributed by atoms with van der Waals surface area (Å²) in [5.41, 5.74) is 2.64. The second kappa shape index (κ2) is 6.52. The molecule has 0 radical (unpaired) electrons. The van der Waals surface area contributed by atoms with Crippen molar-refractivity contribution in [3.63, 3.8) is 0 Å². The molecule has 0 aliphatic rings. The van der Waals surface area contributed by atoms with E-state index in [1.807, 2.05) is 20.8 Å². The van der Waals surface area contributed by atoms with Gasteiger partial charge in [0.2, 0.25) is 0 Å². The van der Waals surface area contributed by atoms with E-state index in [0.29, 0.717) is 5.82 Å². The number of hydrogen-bond acceptors (Lipinski definition) is 4. The van der Waals surface area contributed by atoms with Crippen molar-refractivity contribution in [3.05, 3.63) is 41.0 Å². The SMILES string of the molecule is CCCNc1nc(C)nc(Nc2ccc(F)cc2C)c1C. The monoisotopic (exact) mass is 288 g/mol. The first-order valence-electron chi connectivity index (χ1n) is 7.13. The first kappa shape index (κ1) is 15.2. The van der Waals surface area contributed by atoms with Crippen molar-refractivity contribution in [3.8, 4) is 0 Å². The van der Waals surface area contributed by atoms with Gasteiger partial charge in [0.25, 0.3) is 0 Å². The predicted octanol–water partition coefficient (Wildman–Crippen LogP) is 4.11. The average molecular weight is 288 g/mol. The van der Waals surface area contributed by atoms with Crippen LogP contribution in [0.3, 0.4) is 0 Å². The molecule has 1 aromatic heterocycles. The summed E-state index contributed by atoms with van der Waals surface area (Å²) in [6.45, 7) is 8.67. The normalized spacial score (nSPS) is 10.5. The molecule has 21 heavy (non-hydrogen) atoms. The van der Waals surface area contributed by atoms with E-state index in [9.17, 15) is 4.39 Å². The van der Waals surface area contributed by atoms with Crippen molar-refractivity contribution in [2.45, 2.75) is 34.1 Å². The van der Waals surface area contributed by atoms with Crippen LogP contribution >= 0.6 is 0 Å². The molecule has 4 nitrogen and oxygen atoms in total. The van der Waals surface area contributed by atoms with E-state index in [-0.39, 0.29) is 5.82 Å². The van der Waals surface area contributed by atoms with Gasteiger partial charge in [-0.3, -0.25) is 0 Å². The van der Waals surface area contributed by atoms with Gasteiger partial charge in [-0.15, -0.1) is 0 Å². The lowest BCUT2D eigenvalue weighted by molar-refractivity contribution is 0.627. The molecule has 0 saturated carbocycles. The second-order valence-corrected chi connectivity index (χ2v) is 5.10. The summed E-state index contributed by atoms with van der Waals surface area (Å²) in [6.07, 6.45) is 1.03. The van der Waals surface area contributed by atoms with Crippen LogP contribution in [0, 0.1) is 26.6 Å². The van der Waals surface area contributed by atoms with Crippen LogP contribution in [0.15, 0.2) is 18.2 Å². The van der Waals surface area contributed by atoms with E-state index in [2.05, 4.69) is 27.5 Å². The third-order valence-electron chi connectivity index (χ3n) is 3.24. The molecular weight excluding hydrogens is 267 g/mol. The summed E-state index contributed by atoms with van der Waals surface area (Å²) in [5.74, 6) is 2.04. The van der Waals surface area contributed by atoms with Gasteiger partial charge in [0.05, 0.1) is 0 Å². The van der Waals surface area contributed by atoms with Crippen molar-refractivity contribution in [1.82, 2.24) is 9.97 Å². The van der Waals surface area contributed by atoms with E-state index in [1.54, 1.807) is 6.07 Å².